The van der Waals surface area contributed by atoms with E-state index in [1.807, 2.05) is 19.1 Å². The van der Waals surface area contributed by atoms with Crippen molar-refractivity contribution in [1.29, 1.82) is 0 Å². The van der Waals surface area contributed by atoms with Crippen molar-refractivity contribution < 1.29 is 4.74 Å². The summed E-state index contributed by atoms with van der Waals surface area (Å²) in [6.45, 7) is 9.19. The summed E-state index contributed by atoms with van der Waals surface area (Å²) in [6, 6.07) is 8.23. The van der Waals surface area contributed by atoms with Crippen LogP contribution < -0.4 is 10.1 Å². The monoisotopic (exact) mass is 221 g/mol. The lowest BCUT2D eigenvalue weighted by Crippen LogP contribution is -2.20. The van der Waals surface area contributed by atoms with E-state index in [4.69, 9.17) is 4.74 Å². The first-order valence-corrected chi connectivity index (χ1v) is 6.19. The van der Waals surface area contributed by atoms with Gasteiger partial charge in [-0.15, -0.1) is 0 Å². The molecule has 0 bridgehead atoms. The minimum Gasteiger partial charge on any atom is -0.494 e. The lowest BCUT2D eigenvalue weighted by Gasteiger charge is -2.13. The maximum Gasteiger partial charge on any atom is 0.123 e. The van der Waals surface area contributed by atoms with Crippen molar-refractivity contribution in [1.82, 2.24) is 5.32 Å². The number of benzene rings is 1. The van der Waals surface area contributed by atoms with Gasteiger partial charge in [-0.2, -0.15) is 0 Å². The quantitative estimate of drug-likeness (QED) is 0.763. The maximum absolute atomic E-state index is 5.58. The Morgan fingerprint density at radius 1 is 1.25 bits per heavy atom. The molecule has 0 heterocycles. The van der Waals surface area contributed by atoms with Crippen LogP contribution in [0.2, 0.25) is 0 Å². The average molecular weight is 221 g/mol. The van der Waals surface area contributed by atoms with Crippen LogP contribution in [0.25, 0.3) is 0 Å². The molecule has 1 aromatic carbocycles. The Labute approximate surface area is 99.0 Å². The SMILES string of the molecule is CCOc1ccccc1CNCC(C)CC. The van der Waals surface area contributed by atoms with E-state index in [2.05, 4.69) is 31.3 Å². The van der Waals surface area contributed by atoms with Crippen LogP contribution in [0.15, 0.2) is 24.3 Å². The van der Waals surface area contributed by atoms with Gasteiger partial charge in [0.05, 0.1) is 6.61 Å². The van der Waals surface area contributed by atoms with Crippen LogP contribution in [0.1, 0.15) is 32.8 Å². The third kappa shape index (κ3) is 4.23. The molecule has 1 aromatic rings. The lowest BCUT2D eigenvalue weighted by atomic mass is 10.1. The first-order chi connectivity index (χ1) is 7.77. The summed E-state index contributed by atoms with van der Waals surface area (Å²) >= 11 is 0. The van der Waals surface area contributed by atoms with Crippen molar-refractivity contribution in [3.05, 3.63) is 29.8 Å². The summed E-state index contributed by atoms with van der Waals surface area (Å²) in [6.07, 6.45) is 1.22. The predicted molar refractivity (Wildman–Crippen MR) is 68.8 cm³/mol. The van der Waals surface area contributed by atoms with Crippen molar-refractivity contribution >= 4 is 0 Å². The third-order valence-electron chi connectivity index (χ3n) is 2.78. The van der Waals surface area contributed by atoms with Crippen LogP contribution in [0.5, 0.6) is 5.75 Å². The normalized spacial score (nSPS) is 12.4. The highest BCUT2D eigenvalue weighted by Crippen LogP contribution is 2.17. The summed E-state index contributed by atoms with van der Waals surface area (Å²) in [5, 5.41) is 3.47. The van der Waals surface area contributed by atoms with Crippen molar-refractivity contribution in [2.45, 2.75) is 33.7 Å². The molecule has 2 heteroatoms. The molecule has 16 heavy (non-hydrogen) atoms. The number of rotatable bonds is 7. The van der Waals surface area contributed by atoms with E-state index in [9.17, 15) is 0 Å². The Hall–Kier alpha value is -1.02. The molecule has 1 N–H and O–H groups in total. The van der Waals surface area contributed by atoms with E-state index >= 15 is 0 Å². The zero-order valence-corrected chi connectivity index (χ0v) is 10.6. The largest absolute Gasteiger partial charge is 0.494 e. The Morgan fingerprint density at radius 3 is 2.69 bits per heavy atom. The molecule has 0 saturated carbocycles. The van der Waals surface area contributed by atoms with Crippen LogP contribution >= 0.6 is 0 Å². The lowest BCUT2D eigenvalue weighted by molar-refractivity contribution is 0.335. The summed E-state index contributed by atoms with van der Waals surface area (Å²) < 4.78 is 5.58. The van der Waals surface area contributed by atoms with Gasteiger partial charge in [0.1, 0.15) is 5.75 Å². The summed E-state index contributed by atoms with van der Waals surface area (Å²) in [5.74, 6) is 1.74. The number of ether oxygens (including phenoxy) is 1. The molecule has 90 valence electrons. The first kappa shape index (κ1) is 13.0. The van der Waals surface area contributed by atoms with E-state index in [-0.39, 0.29) is 0 Å². The summed E-state index contributed by atoms with van der Waals surface area (Å²) in [4.78, 5) is 0. The van der Waals surface area contributed by atoms with Crippen LogP contribution in [0.4, 0.5) is 0 Å². The number of hydrogen-bond donors (Lipinski definition) is 1. The van der Waals surface area contributed by atoms with E-state index in [0.717, 1.165) is 31.4 Å². The minimum absolute atomic E-state index is 0.725. The Kier molecular flexibility index (Phi) is 5.94. The molecule has 0 amide bonds. The topological polar surface area (TPSA) is 21.3 Å². The molecule has 0 spiro atoms. The molecule has 0 aliphatic rings. The molecule has 1 unspecified atom stereocenters. The smallest absolute Gasteiger partial charge is 0.123 e. The van der Waals surface area contributed by atoms with Gasteiger partial charge in [-0.05, 0) is 25.5 Å². The first-order valence-electron chi connectivity index (χ1n) is 6.19. The number of nitrogens with one attached hydrogen (secondary N) is 1. The van der Waals surface area contributed by atoms with Gasteiger partial charge in [-0.25, -0.2) is 0 Å². The van der Waals surface area contributed by atoms with Gasteiger partial charge < -0.3 is 10.1 Å². The Morgan fingerprint density at radius 2 is 2.00 bits per heavy atom. The summed E-state index contributed by atoms with van der Waals surface area (Å²) in [7, 11) is 0. The molecular formula is C14H23NO. The Balaban J connectivity index is 2.46. The van der Waals surface area contributed by atoms with Gasteiger partial charge in [0.2, 0.25) is 0 Å². The second-order valence-electron chi connectivity index (χ2n) is 4.19. The van der Waals surface area contributed by atoms with Crippen molar-refractivity contribution in [2.75, 3.05) is 13.2 Å². The van der Waals surface area contributed by atoms with Gasteiger partial charge in [0, 0.05) is 12.1 Å². The molecule has 1 rings (SSSR count). The highest BCUT2D eigenvalue weighted by molar-refractivity contribution is 5.33. The standard InChI is InChI=1S/C14H23NO/c1-4-12(3)10-15-11-13-8-6-7-9-14(13)16-5-2/h6-9,12,15H,4-5,10-11H2,1-3H3. The van der Waals surface area contributed by atoms with Crippen LogP contribution in [0.3, 0.4) is 0 Å². The highest BCUT2D eigenvalue weighted by Gasteiger charge is 2.02. The van der Waals surface area contributed by atoms with Crippen LogP contribution in [-0.4, -0.2) is 13.2 Å². The maximum atomic E-state index is 5.58. The van der Waals surface area contributed by atoms with Gasteiger partial charge in [0.15, 0.2) is 0 Å². The van der Waals surface area contributed by atoms with Gasteiger partial charge in [0.25, 0.3) is 0 Å². The fourth-order valence-corrected chi connectivity index (χ4v) is 1.54. The van der Waals surface area contributed by atoms with Gasteiger partial charge in [-0.3, -0.25) is 0 Å². The zero-order valence-electron chi connectivity index (χ0n) is 10.6. The van der Waals surface area contributed by atoms with E-state index in [1.54, 1.807) is 0 Å². The number of hydrogen-bond acceptors (Lipinski definition) is 2. The molecular weight excluding hydrogens is 198 g/mol. The van der Waals surface area contributed by atoms with E-state index in [1.165, 1.54) is 12.0 Å². The molecule has 0 radical (unpaired) electrons. The second kappa shape index (κ2) is 7.29. The fourth-order valence-electron chi connectivity index (χ4n) is 1.54. The minimum atomic E-state index is 0.725. The predicted octanol–water partition coefficient (Wildman–Crippen LogP) is 3.22. The Bertz CT molecular complexity index is 299. The fraction of sp³-hybridized carbons (Fsp3) is 0.571. The molecule has 0 saturated heterocycles. The molecule has 0 fully saturated rings. The molecule has 0 aliphatic heterocycles. The van der Waals surface area contributed by atoms with Crippen molar-refractivity contribution in [2.24, 2.45) is 5.92 Å². The molecule has 0 aliphatic carbocycles. The number of para-hydroxylation sites is 1. The van der Waals surface area contributed by atoms with Gasteiger partial charge in [-0.1, -0.05) is 38.5 Å². The van der Waals surface area contributed by atoms with Crippen molar-refractivity contribution in [3.8, 4) is 5.75 Å². The van der Waals surface area contributed by atoms with Crippen LogP contribution in [0, 0.1) is 5.92 Å². The third-order valence-corrected chi connectivity index (χ3v) is 2.78. The average Bonchev–Trinajstić information content (AvgIpc) is 2.31. The van der Waals surface area contributed by atoms with Crippen molar-refractivity contribution in [3.63, 3.8) is 0 Å². The second-order valence-corrected chi connectivity index (χ2v) is 4.19. The summed E-state index contributed by atoms with van der Waals surface area (Å²) in [5.41, 5.74) is 1.24. The van der Waals surface area contributed by atoms with Crippen LogP contribution in [-0.2, 0) is 6.54 Å². The molecule has 2 nitrogen and oxygen atoms in total. The zero-order chi connectivity index (χ0) is 11.8. The molecule has 1 atom stereocenters. The molecule has 0 aromatic heterocycles. The van der Waals surface area contributed by atoms with E-state index in [0.29, 0.717) is 0 Å². The highest BCUT2D eigenvalue weighted by atomic mass is 16.5. The van der Waals surface area contributed by atoms with E-state index < -0.39 is 0 Å². The van der Waals surface area contributed by atoms with Gasteiger partial charge >= 0.3 is 0 Å².